The van der Waals surface area contributed by atoms with Crippen LogP contribution in [-0.2, 0) is 4.79 Å². The first-order valence-electron chi connectivity index (χ1n) is 6.79. The molecule has 0 aromatic heterocycles. The van der Waals surface area contributed by atoms with Crippen LogP contribution >= 0.6 is 0 Å². The van der Waals surface area contributed by atoms with Gasteiger partial charge in [0.25, 0.3) is 0 Å². The molecule has 0 unspecified atom stereocenters. The molecule has 1 aliphatic heterocycles. The summed E-state index contributed by atoms with van der Waals surface area (Å²) in [7, 11) is 0. The average molecular weight is 245 g/mol. The summed E-state index contributed by atoms with van der Waals surface area (Å²) in [6.45, 7) is 9.56. The molecule has 1 aromatic carbocycles. The predicted molar refractivity (Wildman–Crippen MR) is 76.2 cm³/mol. The van der Waals surface area contributed by atoms with Crippen molar-refractivity contribution >= 4 is 11.5 Å². The number of hydrogen-bond acceptors (Lipinski definition) is 2. The van der Waals surface area contributed by atoms with Crippen LogP contribution in [0.15, 0.2) is 24.3 Å². The van der Waals surface area contributed by atoms with Gasteiger partial charge < -0.3 is 4.90 Å². The fourth-order valence-corrected chi connectivity index (χ4v) is 2.72. The molecule has 0 saturated carbocycles. The first kappa shape index (κ1) is 13.1. The molecule has 0 bridgehead atoms. The second kappa shape index (κ2) is 4.75. The maximum atomic E-state index is 11.6. The lowest BCUT2D eigenvalue weighted by Crippen LogP contribution is -2.50. The average Bonchev–Trinajstić information content (AvgIpc) is 2.28. The molecule has 0 radical (unpaired) electrons. The van der Waals surface area contributed by atoms with E-state index in [4.69, 9.17) is 0 Å². The molecule has 0 atom stereocenters. The van der Waals surface area contributed by atoms with Crippen LogP contribution in [0.3, 0.4) is 0 Å². The van der Waals surface area contributed by atoms with Crippen LogP contribution in [-0.4, -0.2) is 17.9 Å². The Labute approximate surface area is 110 Å². The van der Waals surface area contributed by atoms with Crippen LogP contribution in [0.2, 0.25) is 0 Å². The van der Waals surface area contributed by atoms with Crippen molar-refractivity contribution in [2.24, 2.45) is 0 Å². The van der Waals surface area contributed by atoms with Crippen molar-refractivity contribution in [2.45, 2.75) is 52.0 Å². The van der Waals surface area contributed by atoms with Gasteiger partial charge in [0.15, 0.2) is 0 Å². The van der Waals surface area contributed by atoms with Gasteiger partial charge in [-0.05, 0) is 37.5 Å². The van der Waals surface area contributed by atoms with Crippen molar-refractivity contribution in [3.05, 3.63) is 29.8 Å². The topological polar surface area (TPSA) is 20.3 Å². The van der Waals surface area contributed by atoms with Crippen molar-refractivity contribution in [1.29, 1.82) is 0 Å². The number of nitrogens with zero attached hydrogens (tertiary/aromatic N) is 1. The first-order valence-corrected chi connectivity index (χ1v) is 6.79. The van der Waals surface area contributed by atoms with Crippen LogP contribution in [0.5, 0.6) is 0 Å². The van der Waals surface area contributed by atoms with Gasteiger partial charge in [-0.25, -0.2) is 0 Å². The Kier molecular flexibility index (Phi) is 3.47. The smallest absolute Gasteiger partial charge is 0.136 e. The van der Waals surface area contributed by atoms with Crippen LogP contribution < -0.4 is 4.90 Å². The van der Waals surface area contributed by atoms with E-state index in [-0.39, 0.29) is 5.54 Å². The molecular weight excluding hydrogens is 222 g/mol. The number of ketones is 1. The molecule has 1 heterocycles. The van der Waals surface area contributed by atoms with Gasteiger partial charge in [0.1, 0.15) is 5.78 Å². The van der Waals surface area contributed by atoms with E-state index < -0.39 is 0 Å². The molecular formula is C16H23NO. The van der Waals surface area contributed by atoms with Gasteiger partial charge in [0.2, 0.25) is 0 Å². The summed E-state index contributed by atoms with van der Waals surface area (Å²) in [5.41, 5.74) is 2.54. The van der Waals surface area contributed by atoms with Gasteiger partial charge >= 0.3 is 0 Å². The van der Waals surface area contributed by atoms with Crippen LogP contribution in [0.25, 0.3) is 0 Å². The van der Waals surface area contributed by atoms with E-state index in [1.807, 2.05) is 0 Å². The van der Waals surface area contributed by atoms with E-state index in [9.17, 15) is 4.79 Å². The third kappa shape index (κ3) is 2.58. The van der Waals surface area contributed by atoms with Crippen molar-refractivity contribution in [2.75, 3.05) is 11.4 Å². The lowest BCUT2D eigenvalue weighted by molar-refractivity contribution is -0.121. The molecule has 0 amide bonds. The van der Waals surface area contributed by atoms with Gasteiger partial charge in [0.05, 0.1) is 0 Å². The number of benzene rings is 1. The van der Waals surface area contributed by atoms with Crippen LogP contribution in [0.4, 0.5) is 5.69 Å². The Bertz CT molecular complexity index is 431. The molecule has 98 valence electrons. The normalized spacial score (nSPS) is 19.4. The fraction of sp³-hybridized carbons (Fsp3) is 0.562. The molecule has 1 fully saturated rings. The molecule has 0 spiro atoms. The van der Waals surface area contributed by atoms with Gasteiger partial charge in [-0.3, -0.25) is 4.79 Å². The van der Waals surface area contributed by atoms with E-state index in [2.05, 4.69) is 56.9 Å². The second-order valence-corrected chi connectivity index (χ2v) is 6.18. The summed E-state index contributed by atoms with van der Waals surface area (Å²) in [6, 6.07) is 8.78. The van der Waals surface area contributed by atoms with Gasteiger partial charge in [0, 0.05) is 30.6 Å². The lowest BCUT2D eigenvalue weighted by atomic mass is 9.88. The van der Waals surface area contributed by atoms with Gasteiger partial charge in [-0.1, -0.05) is 26.0 Å². The van der Waals surface area contributed by atoms with Crippen molar-refractivity contribution in [3.8, 4) is 0 Å². The SMILES string of the molecule is CC(C)c1ccc(N2CCC(=O)CC2(C)C)cc1. The first-order chi connectivity index (χ1) is 8.40. The summed E-state index contributed by atoms with van der Waals surface area (Å²) in [4.78, 5) is 13.9. The highest BCUT2D eigenvalue weighted by Crippen LogP contribution is 2.31. The summed E-state index contributed by atoms with van der Waals surface area (Å²) in [6.07, 6.45) is 1.33. The van der Waals surface area contributed by atoms with Gasteiger partial charge in [-0.2, -0.15) is 0 Å². The molecule has 2 rings (SSSR count). The van der Waals surface area contributed by atoms with Crippen molar-refractivity contribution < 1.29 is 4.79 Å². The minimum Gasteiger partial charge on any atom is -0.366 e. The second-order valence-electron chi connectivity index (χ2n) is 6.18. The summed E-state index contributed by atoms with van der Waals surface area (Å²) < 4.78 is 0. The molecule has 0 N–H and O–H groups in total. The molecule has 1 aliphatic rings. The maximum Gasteiger partial charge on any atom is 0.136 e. The molecule has 18 heavy (non-hydrogen) atoms. The minimum absolute atomic E-state index is 0.0608. The zero-order valence-corrected chi connectivity index (χ0v) is 11.9. The third-order valence-electron chi connectivity index (χ3n) is 3.85. The summed E-state index contributed by atoms with van der Waals surface area (Å²) in [5, 5.41) is 0. The summed E-state index contributed by atoms with van der Waals surface area (Å²) >= 11 is 0. The van der Waals surface area contributed by atoms with Crippen molar-refractivity contribution in [1.82, 2.24) is 0 Å². The Hall–Kier alpha value is -1.31. The van der Waals surface area contributed by atoms with E-state index in [0.29, 0.717) is 24.5 Å². The van der Waals surface area contributed by atoms with Crippen LogP contribution in [0.1, 0.15) is 52.0 Å². The number of carbonyl (C=O) groups is 1. The maximum absolute atomic E-state index is 11.6. The highest BCUT2D eigenvalue weighted by molar-refractivity contribution is 5.82. The quantitative estimate of drug-likeness (QED) is 0.790. The largest absolute Gasteiger partial charge is 0.366 e. The number of carbonyl (C=O) groups excluding carboxylic acids is 1. The fourth-order valence-electron chi connectivity index (χ4n) is 2.72. The number of anilines is 1. The Morgan fingerprint density at radius 2 is 1.78 bits per heavy atom. The number of hydrogen-bond donors (Lipinski definition) is 0. The minimum atomic E-state index is -0.0608. The number of piperidine rings is 1. The zero-order valence-electron chi connectivity index (χ0n) is 11.9. The van der Waals surface area contributed by atoms with E-state index in [1.54, 1.807) is 0 Å². The number of Topliss-reactive ketones (excluding diaryl/α,β-unsaturated/α-hetero) is 1. The Morgan fingerprint density at radius 3 is 2.28 bits per heavy atom. The zero-order chi connectivity index (χ0) is 13.3. The molecule has 1 aromatic rings. The van der Waals surface area contributed by atoms with Gasteiger partial charge in [-0.15, -0.1) is 0 Å². The monoisotopic (exact) mass is 245 g/mol. The molecule has 2 heteroatoms. The predicted octanol–water partition coefficient (Wildman–Crippen LogP) is 3.76. The molecule has 0 aliphatic carbocycles. The van der Waals surface area contributed by atoms with E-state index >= 15 is 0 Å². The third-order valence-corrected chi connectivity index (χ3v) is 3.85. The molecule has 1 saturated heterocycles. The standard InChI is InChI=1S/C16H23NO/c1-12(2)13-5-7-14(8-6-13)17-10-9-15(18)11-16(17,3)4/h5-8,12H,9-11H2,1-4H3. The number of rotatable bonds is 2. The highest BCUT2D eigenvalue weighted by Gasteiger charge is 2.33. The van der Waals surface area contributed by atoms with E-state index in [0.717, 1.165) is 6.54 Å². The highest BCUT2D eigenvalue weighted by atomic mass is 16.1. The summed E-state index contributed by atoms with van der Waals surface area (Å²) in [5.74, 6) is 0.949. The lowest BCUT2D eigenvalue weighted by Gasteiger charge is -2.43. The van der Waals surface area contributed by atoms with Crippen molar-refractivity contribution in [3.63, 3.8) is 0 Å². The Morgan fingerprint density at radius 1 is 1.17 bits per heavy atom. The van der Waals surface area contributed by atoms with Crippen LogP contribution in [0, 0.1) is 0 Å². The van der Waals surface area contributed by atoms with E-state index in [1.165, 1.54) is 11.3 Å². The molecule has 2 nitrogen and oxygen atoms in total. The Balaban J connectivity index is 2.23.